The van der Waals surface area contributed by atoms with Crippen molar-refractivity contribution in [2.45, 2.75) is 45.3 Å². The number of imidazole rings is 1. The minimum absolute atomic E-state index is 0.0682. The molecule has 10 heteroatoms. The van der Waals surface area contributed by atoms with Gasteiger partial charge < -0.3 is 14.6 Å². The molecule has 5 heterocycles. The van der Waals surface area contributed by atoms with Gasteiger partial charge in [-0.15, -0.1) is 0 Å². The van der Waals surface area contributed by atoms with Crippen LogP contribution in [0.25, 0.3) is 33.8 Å². The maximum atomic E-state index is 13.0. The molecule has 3 aromatic heterocycles. The first-order valence-electron chi connectivity index (χ1n) is 11.8. The van der Waals surface area contributed by atoms with Crippen LogP contribution in [0.2, 0.25) is 0 Å². The van der Waals surface area contributed by atoms with E-state index in [9.17, 15) is 4.79 Å². The second-order valence-corrected chi connectivity index (χ2v) is 9.14. The van der Waals surface area contributed by atoms with Crippen molar-refractivity contribution in [1.82, 2.24) is 34.8 Å². The Morgan fingerprint density at radius 2 is 2.03 bits per heavy atom. The molecule has 2 N–H and O–H groups in total. The molecule has 1 saturated heterocycles. The number of rotatable bonds is 5. The molecule has 0 unspecified atom stereocenters. The van der Waals surface area contributed by atoms with Crippen molar-refractivity contribution in [3.05, 3.63) is 48.3 Å². The van der Waals surface area contributed by atoms with Crippen LogP contribution >= 0.6 is 0 Å². The Labute approximate surface area is 202 Å². The van der Waals surface area contributed by atoms with Crippen LogP contribution in [0.3, 0.4) is 0 Å². The molecular weight excluding hydrogens is 444 g/mol. The van der Waals surface area contributed by atoms with Gasteiger partial charge in [0.2, 0.25) is 5.91 Å². The zero-order valence-electron chi connectivity index (χ0n) is 19.9. The normalized spacial score (nSPS) is 21.5. The number of nitrogens with one attached hydrogen (secondary N) is 2. The van der Waals surface area contributed by atoms with E-state index in [1.54, 1.807) is 18.7 Å². The van der Waals surface area contributed by atoms with Crippen molar-refractivity contribution < 1.29 is 9.53 Å². The first-order valence-corrected chi connectivity index (χ1v) is 11.8. The fraction of sp³-hybridized carbons (Fsp3) is 0.360. The number of benzene rings is 1. The molecule has 0 radical (unpaired) electrons. The topological polar surface area (TPSA) is 120 Å². The molecule has 2 aliphatic rings. The highest BCUT2D eigenvalue weighted by Gasteiger charge is 2.44. The molecule has 0 saturated carbocycles. The molecule has 4 aromatic rings. The Balaban J connectivity index is 1.47. The highest BCUT2D eigenvalue weighted by molar-refractivity contribution is 6.06. The molecular formula is C25H26N8O2. The smallest absolute Gasteiger partial charge is 0.249 e. The molecule has 0 bridgehead atoms. The van der Waals surface area contributed by atoms with E-state index in [1.165, 1.54) is 0 Å². The average Bonchev–Trinajstić information content (AvgIpc) is 3.57. The summed E-state index contributed by atoms with van der Waals surface area (Å²) in [6.07, 6.45) is 5.99. The SMILES string of the molecule is CCn1c(-c2cnc(C)nc2)nc2c(-c3ccc4c(c3)[C@@](C)(N[C@@H]3CCOC3)C(=O)N4)ncnc21. The van der Waals surface area contributed by atoms with E-state index in [4.69, 9.17) is 9.72 Å². The lowest BCUT2D eigenvalue weighted by Crippen LogP contribution is -2.50. The number of amides is 1. The lowest BCUT2D eigenvalue weighted by molar-refractivity contribution is -0.121. The standard InChI is InChI=1S/C25H26N8O2/c1-4-33-22(16-10-26-14(2)27-11-16)31-21-20(28-13-29-23(21)33)15-5-6-19-18(9-15)25(3,24(34)30-19)32-17-7-8-35-12-17/h5-6,9-11,13,17,32H,4,7-8,12H2,1-3H3,(H,30,34)/t17-,25-/m1/s1. The predicted octanol–water partition coefficient (Wildman–Crippen LogP) is 2.82. The maximum absolute atomic E-state index is 13.0. The number of hydrogen-bond donors (Lipinski definition) is 2. The third-order valence-corrected chi connectivity index (χ3v) is 6.84. The first kappa shape index (κ1) is 21.8. The van der Waals surface area contributed by atoms with Crippen LogP contribution in [-0.2, 0) is 21.6 Å². The Kier molecular flexibility index (Phi) is 5.08. The van der Waals surface area contributed by atoms with E-state index in [2.05, 4.69) is 37.5 Å². The minimum Gasteiger partial charge on any atom is -0.380 e. The van der Waals surface area contributed by atoms with Gasteiger partial charge >= 0.3 is 0 Å². The Hall–Kier alpha value is -3.76. The van der Waals surface area contributed by atoms with Gasteiger partial charge in [0.05, 0.1) is 12.2 Å². The molecule has 10 nitrogen and oxygen atoms in total. The largest absolute Gasteiger partial charge is 0.380 e. The van der Waals surface area contributed by atoms with E-state index in [0.29, 0.717) is 36.8 Å². The summed E-state index contributed by atoms with van der Waals surface area (Å²) < 4.78 is 7.55. The van der Waals surface area contributed by atoms with Crippen molar-refractivity contribution >= 4 is 22.8 Å². The number of nitrogens with zero attached hydrogens (tertiary/aromatic N) is 6. The Morgan fingerprint density at radius 1 is 1.20 bits per heavy atom. The Bertz CT molecular complexity index is 1440. The van der Waals surface area contributed by atoms with Gasteiger partial charge in [-0.05, 0) is 39.3 Å². The number of carbonyl (C=O) groups excluding carboxylic acids is 1. The van der Waals surface area contributed by atoms with Gasteiger partial charge in [-0.25, -0.2) is 24.9 Å². The summed E-state index contributed by atoms with van der Waals surface area (Å²) >= 11 is 0. The molecule has 2 atom stereocenters. The van der Waals surface area contributed by atoms with E-state index >= 15 is 0 Å². The van der Waals surface area contributed by atoms with Gasteiger partial charge in [0.15, 0.2) is 5.65 Å². The van der Waals surface area contributed by atoms with E-state index in [1.807, 2.05) is 36.6 Å². The van der Waals surface area contributed by atoms with Gasteiger partial charge in [-0.1, -0.05) is 6.07 Å². The predicted molar refractivity (Wildman–Crippen MR) is 131 cm³/mol. The molecule has 1 fully saturated rings. The second kappa shape index (κ2) is 8.17. The zero-order chi connectivity index (χ0) is 24.2. The van der Waals surface area contributed by atoms with Crippen LogP contribution in [0.4, 0.5) is 5.69 Å². The Morgan fingerprint density at radius 3 is 2.77 bits per heavy atom. The van der Waals surface area contributed by atoms with Crippen LogP contribution in [0, 0.1) is 6.92 Å². The molecule has 1 amide bonds. The zero-order valence-corrected chi connectivity index (χ0v) is 19.9. The van der Waals surface area contributed by atoms with E-state index < -0.39 is 5.54 Å². The van der Waals surface area contributed by atoms with Crippen LogP contribution in [0.15, 0.2) is 36.9 Å². The summed E-state index contributed by atoms with van der Waals surface area (Å²) in [5, 5.41) is 6.54. The van der Waals surface area contributed by atoms with Crippen LogP contribution in [0.1, 0.15) is 31.7 Å². The molecule has 178 valence electrons. The number of ether oxygens (including phenoxy) is 1. The minimum atomic E-state index is -0.858. The summed E-state index contributed by atoms with van der Waals surface area (Å²) in [6.45, 7) is 7.82. The first-order chi connectivity index (χ1) is 17.0. The number of fused-ring (bicyclic) bond motifs is 2. The highest BCUT2D eigenvalue weighted by Crippen LogP contribution is 2.40. The van der Waals surface area contributed by atoms with Gasteiger partial charge in [0.25, 0.3) is 0 Å². The number of carbonyl (C=O) groups is 1. The van der Waals surface area contributed by atoms with Crippen LogP contribution in [0.5, 0.6) is 0 Å². The van der Waals surface area contributed by atoms with Gasteiger partial charge in [0.1, 0.15) is 34.7 Å². The molecule has 35 heavy (non-hydrogen) atoms. The van der Waals surface area contributed by atoms with Gasteiger partial charge in [-0.3, -0.25) is 10.1 Å². The lowest BCUT2D eigenvalue weighted by atomic mass is 9.90. The number of anilines is 1. The third kappa shape index (κ3) is 3.48. The highest BCUT2D eigenvalue weighted by atomic mass is 16.5. The summed E-state index contributed by atoms with van der Waals surface area (Å²) in [5.74, 6) is 1.38. The third-order valence-electron chi connectivity index (χ3n) is 6.84. The van der Waals surface area contributed by atoms with Gasteiger partial charge in [-0.2, -0.15) is 0 Å². The summed E-state index contributed by atoms with van der Waals surface area (Å²) in [4.78, 5) is 35.7. The van der Waals surface area contributed by atoms with E-state index in [0.717, 1.165) is 40.3 Å². The second-order valence-electron chi connectivity index (χ2n) is 9.14. The maximum Gasteiger partial charge on any atom is 0.249 e. The van der Waals surface area contributed by atoms with E-state index in [-0.39, 0.29) is 11.9 Å². The quantitative estimate of drug-likeness (QED) is 0.457. The van der Waals surface area contributed by atoms with Crippen LogP contribution in [-0.4, -0.2) is 54.6 Å². The monoisotopic (exact) mass is 470 g/mol. The number of aromatic nitrogens is 6. The average molecular weight is 471 g/mol. The molecule has 2 aliphatic heterocycles. The summed E-state index contributed by atoms with van der Waals surface area (Å²) in [6, 6.07) is 6.05. The molecule has 6 rings (SSSR count). The fourth-order valence-electron chi connectivity index (χ4n) is 4.96. The summed E-state index contributed by atoms with van der Waals surface area (Å²) in [5.41, 5.74) is 4.67. The molecule has 0 spiro atoms. The summed E-state index contributed by atoms with van der Waals surface area (Å²) in [7, 11) is 0. The van der Waals surface area contributed by atoms with Crippen molar-refractivity contribution in [3.8, 4) is 22.6 Å². The molecule has 0 aliphatic carbocycles. The fourth-order valence-corrected chi connectivity index (χ4v) is 4.96. The van der Waals surface area contributed by atoms with Crippen LogP contribution < -0.4 is 10.6 Å². The number of hydrogen-bond acceptors (Lipinski definition) is 8. The van der Waals surface area contributed by atoms with Gasteiger partial charge in [0, 0.05) is 48.4 Å². The van der Waals surface area contributed by atoms with Crippen molar-refractivity contribution in [2.24, 2.45) is 0 Å². The number of aryl methyl sites for hydroxylation is 2. The van der Waals surface area contributed by atoms with Crippen molar-refractivity contribution in [3.63, 3.8) is 0 Å². The lowest BCUT2D eigenvalue weighted by Gasteiger charge is -2.27. The van der Waals surface area contributed by atoms with Crippen molar-refractivity contribution in [1.29, 1.82) is 0 Å². The van der Waals surface area contributed by atoms with Crippen molar-refractivity contribution in [2.75, 3.05) is 18.5 Å². The molecule has 1 aromatic carbocycles.